The minimum Gasteiger partial charge on any atom is -0.410 e. The normalized spacial score (nSPS) is 11.0. The lowest BCUT2D eigenvalue weighted by Gasteiger charge is -2.14. The number of halogens is 4. The third kappa shape index (κ3) is 5.07. The highest BCUT2D eigenvalue weighted by atomic mass is 35.5. The van der Waals surface area contributed by atoms with Crippen molar-refractivity contribution in [3.05, 3.63) is 53.1 Å². The van der Waals surface area contributed by atoms with Crippen molar-refractivity contribution in [2.24, 2.45) is 0 Å². The van der Waals surface area contributed by atoms with E-state index in [0.717, 1.165) is 6.07 Å². The quantitative estimate of drug-likeness (QED) is 0.836. The van der Waals surface area contributed by atoms with E-state index in [4.69, 9.17) is 16.3 Å². The van der Waals surface area contributed by atoms with Crippen molar-refractivity contribution in [3.8, 4) is 11.5 Å². The van der Waals surface area contributed by atoms with E-state index in [0.29, 0.717) is 0 Å². The van der Waals surface area contributed by atoms with E-state index in [1.165, 1.54) is 13.0 Å². The zero-order valence-electron chi connectivity index (χ0n) is 11.8. The third-order valence-corrected chi connectivity index (χ3v) is 3.12. The third-order valence-electron chi connectivity index (χ3n) is 2.72. The summed E-state index contributed by atoms with van der Waals surface area (Å²) in [5, 5.41) is 2.31. The number of benzene rings is 2. The van der Waals surface area contributed by atoms with Crippen LogP contribution in [0.5, 0.6) is 11.5 Å². The maximum absolute atomic E-state index is 12.4. The van der Waals surface area contributed by atoms with Crippen LogP contribution in [-0.4, -0.2) is 12.5 Å². The van der Waals surface area contributed by atoms with Crippen LogP contribution in [0, 0.1) is 6.92 Å². The summed E-state index contributed by atoms with van der Waals surface area (Å²) in [4.78, 5) is 11.7. The van der Waals surface area contributed by atoms with Crippen molar-refractivity contribution in [3.63, 3.8) is 0 Å². The number of alkyl halides is 3. The second kappa shape index (κ2) is 6.78. The molecule has 0 heterocycles. The van der Waals surface area contributed by atoms with Gasteiger partial charge in [0.1, 0.15) is 11.5 Å². The fraction of sp³-hybridized carbons (Fsp3) is 0.133. The molecule has 0 unspecified atom stereocenters. The topological polar surface area (TPSA) is 47.6 Å². The Balaban J connectivity index is 2.15. The predicted octanol–water partition coefficient (Wildman–Crippen LogP) is 5.16. The summed E-state index contributed by atoms with van der Waals surface area (Å²) in [5.41, 5.74) is 0.117. The molecule has 8 heteroatoms. The van der Waals surface area contributed by atoms with Gasteiger partial charge < -0.3 is 9.47 Å². The van der Waals surface area contributed by atoms with Crippen LogP contribution >= 0.6 is 11.6 Å². The Kier molecular flexibility index (Phi) is 5.00. The molecule has 0 radical (unpaired) electrons. The molecule has 0 aliphatic heterocycles. The average molecular weight is 346 g/mol. The molecule has 0 saturated heterocycles. The van der Waals surface area contributed by atoms with E-state index >= 15 is 0 Å². The Morgan fingerprint density at radius 2 is 1.83 bits per heavy atom. The van der Waals surface area contributed by atoms with Gasteiger partial charge in [-0.3, -0.25) is 5.32 Å². The van der Waals surface area contributed by atoms with Crippen LogP contribution in [0.3, 0.4) is 0 Å². The Hall–Kier alpha value is -2.41. The van der Waals surface area contributed by atoms with Crippen molar-refractivity contribution in [2.45, 2.75) is 13.3 Å². The Labute approximate surface area is 134 Å². The summed E-state index contributed by atoms with van der Waals surface area (Å²) in [6, 6.07) is 10.5. The highest BCUT2D eigenvalue weighted by Crippen LogP contribution is 2.33. The summed E-state index contributed by atoms with van der Waals surface area (Å²) in [7, 11) is 0. The van der Waals surface area contributed by atoms with Crippen LogP contribution in [-0.2, 0) is 0 Å². The number of hydrogen-bond donors (Lipinski definition) is 1. The van der Waals surface area contributed by atoms with Gasteiger partial charge in [-0.05, 0) is 25.1 Å². The molecule has 1 N–H and O–H groups in total. The van der Waals surface area contributed by atoms with Gasteiger partial charge in [0.15, 0.2) is 0 Å². The predicted molar refractivity (Wildman–Crippen MR) is 79.0 cm³/mol. The molecular weight excluding hydrogens is 335 g/mol. The minimum atomic E-state index is -4.86. The minimum absolute atomic E-state index is 0.0146. The largest absolute Gasteiger partial charge is 0.573 e. The van der Waals surface area contributed by atoms with Gasteiger partial charge in [-0.25, -0.2) is 4.79 Å². The van der Waals surface area contributed by atoms with Crippen LogP contribution in [0.4, 0.5) is 23.7 Å². The molecule has 0 fully saturated rings. The molecule has 2 rings (SSSR count). The number of carbonyl (C=O) groups is 1. The van der Waals surface area contributed by atoms with E-state index in [2.05, 4.69) is 10.1 Å². The van der Waals surface area contributed by atoms with Crippen molar-refractivity contribution >= 4 is 23.4 Å². The average Bonchev–Trinajstić information content (AvgIpc) is 2.43. The first kappa shape index (κ1) is 17.0. The molecule has 2 aromatic rings. The number of nitrogens with one attached hydrogen (secondary N) is 1. The Bertz CT molecular complexity index is 705. The molecule has 0 atom stereocenters. The molecule has 0 bridgehead atoms. The molecule has 122 valence electrons. The van der Waals surface area contributed by atoms with Crippen LogP contribution in [0.2, 0.25) is 5.02 Å². The van der Waals surface area contributed by atoms with Gasteiger partial charge in [0.2, 0.25) is 0 Å². The monoisotopic (exact) mass is 345 g/mol. The van der Waals surface area contributed by atoms with Crippen molar-refractivity contribution in [1.29, 1.82) is 0 Å². The van der Waals surface area contributed by atoms with Crippen LogP contribution in [0.1, 0.15) is 5.56 Å². The van der Waals surface area contributed by atoms with Gasteiger partial charge in [-0.15, -0.1) is 13.2 Å². The van der Waals surface area contributed by atoms with Crippen molar-refractivity contribution in [2.75, 3.05) is 5.32 Å². The van der Waals surface area contributed by atoms with E-state index in [1.807, 2.05) is 0 Å². The van der Waals surface area contributed by atoms with Crippen LogP contribution in [0.25, 0.3) is 0 Å². The van der Waals surface area contributed by atoms with E-state index < -0.39 is 18.2 Å². The first-order chi connectivity index (χ1) is 10.7. The number of amides is 1. The number of carbonyl (C=O) groups excluding carboxylic acids is 1. The number of anilines is 1. The Morgan fingerprint density at radius 1 is 1.17 bits per heavy atom. The van der Waals surface area contributed by atoms with Gasteiger partial charge in [0.25, 0.3) is 0 Å². The lowest BCUT2D eigenvalue weighted by molar-refractivity contribution is -0.274. The van der Waals surface area contributed by atoms with Gasteiger partial charge in [0, 0.05) is 22.3 Å². The van der Waals surface area contributed by atoms with Crippen molar-refractivity contribution < 1.29 is 27.4 Å². The second-order valence-corrected chi connectivity index (χ2v) is 4.86. The van der Waals surface area contributed by atoms with E-state index in [9.17, 15) is 18.0 Å². The lowest BCUT2D eigenvalue weighted by atomic mass is 10.2. The zero-order valence-corrected chi connectivity index (χ0v) is 12.5. The van der Waals surface area contributed by atoms with Gasteiger partial charge in [-0.1, -0.05) is 29.8 Å². The highest BCUT2D eigenvalue weighted by molar-refractivity contribution is 6.31. The molecule has 0 spiro atoms. The summed E-state index contributed by atoms with van der Waals surface area (Å²) in [6.45, 7) is 1.37. The zero-order chi connectivity index (χ0) is 17.0. The lowest BCUT2D eigenvalue weighted by Crippen LogP contribution is -2.19. The smallest absolute Gasteiger partial charge is 0.410 e. The molecule has 4 nitrogen and oxygen atoms in total. The fourth-order valence-corrected chi connectivity index (χ4v) is 1.91. The summed E-state index contributed by atoms with van der Waals surface area (Å²) in [6.07, 6.45) is -5.73. The molecule has 0 aliphatic rings. The maximum atomic E-state index is 12.4. The van der Waals surface area contributed by atoms with Gasteiger partial charge >= 0.3 is 12.5 Å². The summed E-state index contributed by atoms with van der Waals surface area (Å²) in [5.74, 6) is -0.213. The molecule has 0 saturated carbocycles. The van der Waals surface area contributed by atoms with Gasteiger partial charge in [0.05, 0.1) is 0 Å². The number of hydrogen-bond acceptors (Lipinski definition) is 3. The van der Waals surface area contributed by atoms with Crippen molar-refractivity contribution in [1.82, 2.24) is 0 Å². The molecule has 23 heavy (non-hydrogen) atoms. The first-order valence-corrected chi connectivity index (χ1v) is 6.72. The molecule has 2 aromatic carbocycles. The fourth-order valence-electron chi connectivity index (χ4n) is 1.70. The van der Waals surface area contributed by atoms with Gasteiger partial charge in [-0.2, -0.15) is 0 Å². The number of rotatable bonds is 3. The summed E-state index contributed by atoms with van der Waals surface area (Å²) >= 11 is 5.85. The Morgan fingerprint density at radius 3 is 2.43 bits per heavy atom. The molecule has 1 amide bonds. The summed E-state index contributed by atoms with van der Waals surface area (Å²) < 4.78 is 45.9. The van der Waals surface area contributed by atoms with E-state index in [-0.39, 0.29) is 22.0 Å². The number of para-hydroxylation sites is 1. The second-order valence-electron chi connectivity index (χ2n) is 4.46. The molecule has 0 aliphatic carbocycles. The first-order valence-electron chi connectivity index (χ1n) is 6.34. The molecule has 0 aromatic heterocycles. The van der Waals surface area contributed by atoms with E-state index in [1.54, 1.807) is 30.3 Å². The SMILES string of the molecule is Cc1c(Cl)cc(NC(=O)Oc2ccccc2)cc1OC(F)(F)F. The molecular formula is C15H11ClF3NO3. The number of ether oxygens (including phenoxy) is 2. The highest BCUT2D eigenvalue weighted by Gasteiger charge is 2.32. The standard InChI is InChI=1S/C15H11ClF3NO3/c1-9-12(16)7-10(8-13(9)23-15(17,18)19)20-14(21)22-11-5-3-2-4-6-11/h2-8H,1H3,(H,20,21). The van der Waals surface area contributed by atoms with Crippen LogP contribution in [0.15, 0.2) is 42.5 Å². The maximum Gasteiger partial charge on any atom is 0.573 e. The van der Waals surface area contributed by atoms with Crippen LogP contribution < -0.4 is 14.8 Å².